The van der Waals surface area contributed by atoms with Crippen molar-refractivity contribution in [1.82, 2.24) is 5.32 Å². The predicted molar refractivity (Wildman–Crippen MR) is 50.3 cm³/mol. The smallest absolute Gasteiger partial charge is 0.248 e. The molecule has 0 heterocycles. The lowest BCUT2D eigenvalue weighted by Gasteiger charge is -2.12. The number of rotatable bonds is 6. The quantitative estimate of drug-likeness (QED) is 0.585. The SMILES string of the molecule is COCCNC(=O)[C@@H](O)CC(C)C. The molecule has 0 spiro atoms. The number of hydrogen-bond acceptors (Lipinski definition) is 3. The van der Waals surface area contributed by atoms with Crippen LogP contribution in [0.3, 0.4) is 0 Å². The van der Waals surface area contributed by atoms with Crippen molar-refractivity contribution in [2.45, 2.75) is 26.4 Å². The highest BCUT2D eigenvalue weighted by Gasteiger charge is 2.15. The van der Waals surface area contributed by atoms with Crippen LogP contribution in [0, 0.1) is 5.92 Å². The predicted octanol–water partition coefficient (Wildman–Crippen LogP) is 0.156. The standard InChI is InChI=1S/C9H19NO3/c1-7(2)6-8(11)9(12)10-4-5-13-3/h7-8,11H,4-6H2,1-3H3,(H,10,12)/t8-/m0/s1. The zero-order valence-corrected chi connectivity index (χ0v) is 8.54. The van der Waals surface area contributed by atoms with Gasteiger partial charge in [-0.05, 0) is 12.3 Å². The summed E-state index contributed by atoms with van der Waals surface area (Å²) >= 11 is 0. The Morgan fingerprint density at radius 2 is 2.15 bits per heavy atom. The average Bonchev–Trinajstić information content (AvgIpc) is 2.03. The number of hydrogen-bond donors (Lipinski definition) is 2. The maximum atomic E-state index is 11.1. The van der Waals surface area contributed by atoms with Crippen molar-refractivity contribution in [3.05, 3.63) is 0 Å². The largest absolute Gasteiger partial charge is 0.383 e. The molecule has 0 saturated carbocycles. The normalized spacial score (nSPS) is 13.0. The van der Waals surface area contributed by atoms with Gasteiger partial charge in [-0.15, -0.1) is 0 Å². The first kappa shape index (κ1) is 12.4. The Labute approximate surface area is 79.3 Å². The van der Waals surface area contributed by atoms with E-state index in [9.17, 15) is 9.90 Å². The maximum absolute atomic E-state index is 11.1. The number of ether oxygens (including phenoxy) is 1. The van der Waals surface area contributed by atoms with Gasteiger partial charge in [-0.1, -0.05) is 13.8 Å². The average molecular weight is 189 g/mol. The molecule has 0 aliphatic carbocycles. The van der Waals surface area contributed by atoms with E-state index in [1.807, 2.05) is 13.8 Å². The Bertz CT molecular complexity index is 148. The fraction of sp³-hybridized carbons (Fsp3) is 0.889. The van der Waals surface area contributed by atoms with Gasteiger partial charge in [-0.25, -0.2) is 0 Å². The first-order valence-corrected chi connectivity index (χ1v) is 4.52. The Hall–Kier alpha value is -0.610. The number of aliphatic hydroxyl groups is 1. The van der Waals surface area contributed by atoms with Crippen LogP contribution in [0.4, 0.5) is 0 Å². The summed E-state index contributed by atoms with van der Waals surface area (Å²) in [7, 11) is 1.57. The molecule has 0 unspecified atom stereocenters. The summed E-state index contributed by atoms with van der Waals surface area (Å²) in [6, 6.07) is 0. The van der Waals surface area contributed by atoms with Gasteiger partial charge in [0, 0.05) is 13.7 Å². The number of methoxy groups -OCH3 is 1. The minimum atomic E-state index is -0.892. The molecule has 1 amide bonds. The lowest BCUT2D eigenvalue weighted by molar-refractivity contribution is -0.130. The van der Waals surface area contributed by atoms with Crippen LogP contribution < -0.4 is 5.32 Å². The van der Waals surface area contributed by atoms with Crippen LogP contribution in [0.1, 0.15) is 20.3 Å². The highest BCUT2D eigenvalue weighted by Crippen LogP contribution is 2.03. The van der Waals surface area contributed by atoms with E-state index in [2.05, 4.69) is 5.32 Å². The van der Waals surface area contributed by atoms with Crippen LogP contribution in [0.25, 0.3) is 0 Å². The topological polar surface area (TPSA) is 58.6 Å². The van der Waals surface area contributed by atoms with Crippen LogP contribution in [-0.4, -0.2) is 37.4 Å². The lowest BCUT2D eigenvalue weighted by Crippen LogP contribution is -2.37. The third-order valence-electron chi connectivity index (χ3n) is 1.60. The molecule has 0 saturated heterocycles. The maximum Gasteiger partial charge on any atom is 0.248 e. The van der Waals surface area contributed by atoms with Crippen molar-refractivity contribution < 1.29 is 14.6 Å². The highest BCUT2D eigenvalue weighted by molar-refractivity contribution is 5.80. The molecule has 4 nitrogen and oxygen atoms in total. The molecule has 0 fully saturated rings. The van der Waals surface area contributed by atoms with Crippen LogP contribution in [-0.2, 0) is 9.53 Å². The molecule has 78 valence electrons. The highest BCUT2D eigenvalue weighted by atomic mass is 16.5. The molecule has 0 aromatic heterocycles. The monoisotopic (exact) mass is 189 g/mol. The van der Waals surface area contributed by atoms with E-state index in [-0.39, 0.29) is 5.91 Å². The van der Waals surface area contributed by atoms with Crippen molar-refractivity contribution in [3.8, 4) is 0 Å². The van der Waals surface area contributed by atoms with E-state index in [0.29, 0.717) is 25.5 Å². The van der Waals surface area contributed by atoms with E-state index >= 15 is 0 Å². The van der Waals surface area contributed by atoms with E-state index in [0.717, 1.165) is 0 Å². The first-order chi connectivity index (χ1) is 6.07. The lowest BCUT2D eigenvalue weighted by atomic mass is 10.1. The van der Waals surface area contributed by atoms with E-state index < -0.39 is 6.10 Å². The fourth-order valence-electron chi connectivity index (χ4n) is 0.948. The van der Waals surface area contributed by atoms with Crippen molar-refractivity contribution in [2.24, 2.45) is 5.92 Å². The molecule has 4 heteroatoms. The van der Waals surface area contributed by atoms with E-state index in [1.54, 1.807) is 7.11 Å². The van der Waals surface area contributed by atoms with Gasteiger partial charge in [-0.2, -0.15) is 0 Å². The molecule has 0 radical (unpaired) electrons. The van der Waals surface area contributed by atoms with E-state index in [4.69, 9.17) is 4.74 Å². The van der Waals surface area contributed by atoms with Crippen LogP contribution >= 0.6 is 0 Å². The number of amides is 1. The second-order valence-corrected chi connectivity index (χ2v) is 3.43. The van der Waals surface area contributed by atoms with Gasteiger partial charge in [0.15, 0.2) is 0 Å². The van der Waals surface area contributed by atoms with Gasteiger partial charge in [0.25, 0.3) is 0 Å². The zero-order chi connectivity index (χ0) is 10.3. The summed E-state index contributed by atoms with van der Waals surface area (Å²) < 4.78 is 4.76. The van der Waals surface area contributed by atoms with E-state index in [1.165, 1.54) is 0 Å². The molecule has 0 aliphatic rings. The first-order valence-electron chi connectivity index (χ1n) is 4.52. The van der Waals surface area contributed by atoms with Crippen molar-refractivity contribution in [1.29, 1.82) is 0 Å². The van der Waals surface area contributed by atoms with Crippen molar-refractivity contribution >= 4 is 5.91 Å². The van der Waals surface area contributed by atoms with Gasteiger partial charge < -0.3 is 15.2 Å². The van der Waals surface area contributed by atoms with Crippen LogP contribution in [0.15, 0.2) is 0 Å². The number of nitrogens with one attached hydrogen (secondary N) is 1. The molecule has 13 heavy (non-hydrogen) atoms. The molecule has 0 rings (SSSR count). The zero-order valence-electron chi connectivity index (χ0n) is 8.54. The summed E-state index contributed by atoms with van der Waals surface area (Å²) in [5.41, 5.74) is 0. The van der Waals surface area contributed by atoms with Gasteiger partial charge in [0.05, 0.1) is 6.61 Å². The number of carbonyl (C=O) groups is 1. The molecule has 0 bridgehead atoms. The Morgan fingerprint density at radius 3 is 2.62 bits per heavy atom. The molecular formula is C9H19NO3. The third kappa shape index (κ3) is 6.54. The van der Waals surface area contributed by atoms with Gasteiger partial charge in [-0.3, -0.25) is 4.79 Å². The Balaban J connectivity index is 3.57. The van der Waals surface area contributed by atoms with Crippen LogP contribution in [0.2, 0.25) is 0 Å². The molecular weight excluding hydrogens is 170 g/mol. The third-order valence-corrected chi connectivity index (χ3v) is 1.60. The summed E-state index contributed by atoms with van der Waals surface area (Å²) in [6.07, 6.45) is -0.393. The van der Waals surface area contributed by atoms with Crippen LogP contribution in [0.5, 0.6) is 0 Å². The Morgan fingerprint density at radius 1 is 1.54 bits per heavy atom. The molecule has 0 aliphatic heterocycles. The second kappa shape index (κ2) is 6.86. The summed E-state index contributed by atoms with van der Waals surface area (Å²) in [5, 5.41) is 11.9. The van der Waals surface area contributed by atoms with Crippen molar-refractivity contribution in [3.63, 3.8) is 0 Å². The minimum Gasteiger partial charge on any atom is -0.383 e. The molecule has 0 aromatic carbocycles. The fourth-order valence-corrected chi connectivity index (χ4v) is 0.948. The number of carbonyl (C=O) groups excluding carboxylic acids is 1. The van der Waals surface area contributed by atoms with Gasteiger partial charge >= 0.3 is 0 Å². The van der Waals surface area contributed by atoms with Gasteiger partial charge in [0.2, 0.25) is 5.91 Å². The molecule has 1 atom stereocenters. The summed E-state index contributed by atoms with van der Waals surface area (Å²) in [6.45, 7) is 4.85. The number of aliphatic hydroxyl groups excluding tert-OH is 1. The summed E-state index contributed by atoms with van der Waals surface area (Å²) in [5.74, 6) is 0.00826. The second-order valence-electron chi connectivity index (χ2n) is 3.43. The van der Waals surface area contributed by atoms with Gasteiger partial charge in [0.1, 0.15) is 6.10 Å². The van der Waals surface area contributed by atoms with Crippen molar-refractivity contribution in [2.75, 3.05) is 20.3 Å². The Kier molecular flexibility index (Phi) is 6.54. The molecule has 0 aromatic rings. The summed E-state index contributed by atoms with van der Waals surface area (Å²) in [4.78, 5) is 11.1. The minimum absolute atomic E-state index is 0.314. The molecule has 2 N–H and O–H groups in total.